The zero-order valence-electron chi connectivity index (χ0n) is 11.3. The van der Waals surface area contributed by atoms with Gasteiger partial charge >= 0.3 is 0 Å². The van der Waals surface area contributed by atoms with Gasteiger partial charge in [-0.25, -0.2) is 0 Å². The molecule has 1 aromatic carbocycles. The summed E-state index contributed by atoms with van der Waals surface area (Å²) in [5.74, 6) is 0.586. The van der Waals surface area contributed by atoms with Gasteiger partial charge in [0, 0.05) is 36.4 Å². The summed E-state index contributed by atoms with van der Waals surface area (Å²) in [5, 5.41) is 12.6. The maximum atomic E-state index is 8.94. The van der Waals surface area contributed by atoms with Crippen molar-refractivity contribution in [1.82, 2.24) is 0 Å². The molecular formula is C16H23NO2. The summed E-state index contributed by atoms with van der Waals surface area (Å²) in [6, 6.07) is 9.02. The van der Waals surface area contributed by atoms with E-state index in [4.69, 9.17) is 9.84 Å². The van der Waals surface area contributed by atoms with Gasteiger partial charge in [-0.05, 0) is 38.2 Å². The lowest BCUT2D eigenvalue weighted by atomic mass is 9.78. The first-order valence-electron chi connectivity index (χ1n) is 7.48. The van der Waals surface area contributed by atoms with Gasteiger partial charge in [0.1, 0.15) is 0 Å². The molecule has 3 rings (SSSR count). The van der Waals surface area contributed by atoms with Crippen molar-refractivity contribution < 1.29 is 9.84 Å². The van der Waals surface area contributed by atoms with Crippen LogP contribution in [0.2, 0.25) is 0 Å². The highest BCUT2D eigenvalue weighted by atomic mass is 16.5. The molecule has 0 saturated carbocycles. The number of anilines is 1. The van der Waals surface area contributed by atoms with Crippen molar-refractivity contribution >= 4 is 5.69 Å². The normalized spacial score (nSPS) is 29.2. The highest BCUT2D eigenvalue weighted by Gasteiger charge is 2.38. The number of nitrogens with one attached hydrogen (secondary N) is 1. The number of aliphatic hydroxyl groups is 1. The molecule has 0 aromatic heterocycles. The molecule has 2 aliphatic rings. The molecule has 2 aliphatic heterocycles. The van der Waals surface area contributed by atoms with Crippen LogP contribution in [0.15, 0.2) is 24.3 Å². The molecule has 3 nitrogen and oxygen atoms in total. The van der Waals surface area contributed by atoms with Gasteiger partial charge in [-0.1, -0.05) is 18.2 Å². The molecule has 0 bridgehead atoms. The summed E-state index contributed by atoms with van der Waals surface area (Å²) < 4.78 is 6.06. The molecule has 104 valence electrons. The molecular weight excluding hydrogens is 238 g/mol. The van der Waals surface area contributed by atoms with Crippen molar-refractivity contribution in [2.45, 2.75) is 44.2 Å². The van der Waals surface area contributed by atoms with Gasteiger partial charge in [0.15, 0.2) is 0 Å². The second-order valence-corrected chi connectivity index (χ2v) is 5.65. The minimum Gasteiger partial charge on any atom is -0.396 e. The van der Waals surface area contributed by atoms with Gasteiger partial charge in [-0.15, -0.1) is 0 Å². The molecule has 3 atom stereocenters. The van der Waals surface area contributed by atoms with Crippen LogP contribution in [0.5, 0.6) is 0 Å². The van der Waals surface area contributed by atoms with Crippen LogP contribution in [0.3, 0.4) is 0 Å². The van der Waals surface area contributed by atoms with Gasteiger partial charge < -0.3 is 15.2 Å². The fraction of sp³-hybridized carbons (Fsp3) is 0.625. The number of unbranched alkanes of at least 4 members (excludes halogenated alkanes) is 1. The van der Waals surface area contributed by atoms with Crippen LogP contribution in [0, 0.1) is 5.92 Å². The van der Waals surface area contributed by atoms with E-state index in [1.54, 1.807) is 0 Å². The Morgan fingerprint density at radius 3 is 3.05 bits per heavy atom. The Morgan fingerprint density at radius 1 is 1.26 bits per heavy atom. The van der Waals surface area contributed by atoms with Gasteiger partial charge in [0.25, 0.3) is 0 Å². The number of hydrogen-bond acceptors (Lipinski definition) is 3. The number of fused-ring (bicyclic) bond motifs is 3. The Balaban J connectivity index is 1.79. The quantitative estimate of drug-likeness (QED) is 0.818. The van der Waals surface area contributed by atoms with Crippen molar-refractivity contribution in [2.75, 3.05) is 18.5 Å². The maximum Gasteiger partial charge on any atom is 0.0892 e. The zero-order valence-corrected chi connectivity index (χ0v) is 11.3. The number of rotatable bonds is 4. The van der Waals surface area contributed by atoms with Crippen molar-refractivity contribution in [1.29, 1.82) is 0 Å². The number of aliphatic hydroxyl groups excluding tert-OH is 1. The van der Waals surface area contributed by atoms with Gasteiger partial charge in [-0.2, -0.15) is 0 Å². The number of hydrogen-bond donors (Lipinski definition) is 2. The molecule has 1 saturated heterocycles. The molecule has 0 spiro atoms. The number of benzene rings is 1. The second kappa shape index (κ2) is 5.93. The minimum absolute atomic E-state index is 0.269. The summed E-state index contributed by atoms with van der Waals surface area (Å²) in [5.41, 5.74) is 2.56. The van der Waals surface area contributed by atoms with Crippen molar-refractivity contribution in [3.8, 4) is 0 Å². The van der Waals surface area contributed by atoms with Crippen LogP contribution >= 0.6 is 0 Å². The average Bonchev–Trinajstić information content (AvgIpc) is 2.47. The second-order valence-electron chi connectivity index (χ2n) is 5.65. The van der Waals surface area contributed by atoms with Crippen LogP contribution in [0.25, 0.3) is 0 Å². The first-order valence-corrected chi connectivity index (χ1v) is 7.48. The van der Waals surface area contributed by atoms with Crippen LogP contribution in [0.4, 0.5) is 5.69 Å². The smallest absolute Gasteiger partial charge is 0.0892 e. The molecule has 0 unspecified atom stereocenters. The fourth-order valence-electron chi connectivity index (χ4n) is 3.48. The molecule has 2 N–H and O–H groups in total. The number of para-hydroxylation sites is 1. The van der Waals surface area contributed by atoms with E-state index in [0.717, 1.165) is 25.9 Å². The topological polar surface area (TPSA) is 41.5 Å². The molecule has 0 radical (unpaired) electrons. The third-order valence-electron chi connectivity index (χ3n) is 4.42. The Kier molecular flexibility index (Phi) is 4.04. The summed E-state index contributed by atoms with van der Waals surface area (Å²) in [6.45, 7) is 1.19. The Hall–Kier alpha value is -1.06. The summed E-state index contributed by atoms with van der Waals surface area (Å²) in [4.78, 5) is 0. The first kappa shape index (κ1) is 12.9. The Morgan fingerprint density at radius 2 is 2.16 bits per heavy atom. The Bertz CT molecular complexity index is 421. The van der Waals surface area contributed by atoms with E-state index in [2.05, 4.69) is 29.6 Å². The van der Waals surface area contributed by atoms with Crippen molar-refractivity contribution in [3.63, 3.8) is 0 Å². The minimum atomic E-state index is 0.269. The highest BCUT2D eigenvalue weighted by molar-refractivity contribution is 5.55. The molecule has 1 fully saturated rings. The fourth-order valence-corrected chi connectivity index (χ4v) is 3.48. The molecule has 1 aromatic rings. The maximum absolute atomic E-state index is 8.94. The molecule has 2 heterocycles. The largest absolute Gasteiger partial charge is 0.396 e. The predicted octanol–water partition coefficient (Wildman–Crippen LogP) is 3.11. The van der Waals surface area contributed by atoms with Gasteiger partial charge in [-0.3, -0.25) is 0 Å². The third-order valence-corrected chi connectivity index (χ3v) is 4.42. The zero-order chi connectivity index (χ0) is 13.1. The highest BCUT2D eigenvalue weighted by Crippen LogP contribution is 2.44. The predicted molar refractivity (Wildman–Crippen MR) is 76.2 cm³/mol. The van der Waals surface area contributed by atoms with Gasteiger partial charge in [0.05, 0.1) is 6.10 Å². The number of ether oxygens (including phenoxy) is 1. The van der Waals surface area contributed by atoms with Crippen LogP contribution < -0.4 is 5.32 Å². The van der Waals surface area contributed by atoms with Crippen LogP contribution in [0.1, 0.15) is 43.8 Å². The van der Waals surface area contributed by atoms with E-state index >= 15 is 0 Å². The van der Waals surface area contributed by atoms with E-state index in [-0.39, 0.29) is 6.10 Å². The van der Waals surface area contributed by atoms with Gasteiger partial charge in [0.2, 0.25) is 0 Å². The monoisotopic (exact) mass is 261 g/mol. The molecule has 19 heavy (non-hydrogen) atoms. The standard InChI is InChI=1S/C16H23NO2/c18-10-4-3-9-15-13-7-5-11-19-16(13)12-6-1-2-8-14(12)17-15/h1-2,6,8,13,15-18H,3-5,7,9-11H2/t13-,15-,16+/m0/s1. The van der Waals surface area contributed by atoms with E-state index in [1.165, 1.54) is 24.1 Å². The first-order chi connectivity index (χ1) is 9.40. The average molecular weight is 261 g/mol. The van der Waals surface area contributed by atoms with E-state index in [9.17, 15) is 0 Å². The van der Waals surface area contributed by atoms with E-state index in [0.29, 0.717) is 18.6 Å². The van der Waals surface area contributed by atoms with Crippen LogP contribution in [-0.2, 0) is 4.74 Å². The third kappa shape index (κ3) is 2.63. The summed E-state index contributed by atoms with van der Waals surface area (Å²) in [7, 11) is 0. The Labute approximate surface area is 115 Å². The van der Waals surface area contributed by atoms with E-state index in [1.807, 2.05) is 0 Å². The lowest BCUT2D eigenvalue weighted by molar-refractivity contribution is -0.0387. The lowest BCUT2D eigenvalue weighted by Gasteiger charge is -2.43. The van der Waals surface area contributed by atoms with Crippen molar-refractivity contribution in [3.05, 3.63) is 29.8 Å². The molecule has 3 heteroatoms. The molecule has 0 amide bonds. The van der Waals surface area contributed by atoms with Crippen LogP contribution in [-0.4, -0.2) is 24.4 Å². The summed E-state index contributed by atoms with van der Waals surface area (Å²) in [6.07, 6.45) is 5.79. The lowest BCUT2D eigenvalue weighted by Crippen LogP contribution is -2.41. The van der Waals surface area contributed by atoms with E-state index < -0.39 is 0 Å². The molecule has 0 aliphatic carbocycles. The SMILES string of the molecule is OCCCC[C@@H]1Nc2ccccc2[C@H]2OCCC[C@@H]12. The van der Waals surface area contributed by atoms with Crippen molar-refractivity contribution in [2.24, 2.45) is 5.92 Å². The summed E-state index contributed by atoms with van der Waals surface area (Å²) >= 11 is 0.